The Bertz CT molecular complexity index is 141. The molecule has 0 unspecified atom stereocenters. The third-order valence-corrected chi connectivity index (χ3v) is 2.93. The van der Waals surface area contributed by atoms with Gasteiger partial charge in [-0.3, -0.25) is 4.90 Å². The Balaban J connectivity index is 2.45. The first-order valence-corrected chi connectivity index (χ1v) is 5.12. The largest absolute Gasteiger partial charge is 0.294 e. The smallest absolute Gasteiger partial charge is 0.0168 e. The minimum Gasteiger partial charge on any atom is -0.294 e. The molecule has 0 aromatic carbocycles. The van der Waals surface area contributed by atoms with Crippen molar-refractivity contribution in [1.82, 2.24) is 4.90 Å². The summed E-state index contributed by atoms with van der Waals surface area (Å²) in [5, 5.41) is 0. The van der Waals surface area contributed by atoms with Gasteiger partial charge in [-0.15, -0.1) is 0 Å². The topological polar surface area (TPSA) is 3.24 Å². The van der Waals surface area contributed by atoms with E-state index in [1.807, 2.05) is 0 Å². The van der Waals surface area contributed by atoms with Crippen molar-refractivity contribution in [2.75, 3.05) is 6.54 Å². The van der Waals surface area contributed by atoms with Crippen molar-refractivity contribution in [2.24, 2.45) is 0 Å². The molecule has 0 radical (unpaired) electrons. The summed E-state index contributed by atoms with van der Waals surface area (Å²) in [5.41, 5.74) is 0. The molecule has 0 aromatic rings. The van der Waals surface area contributed by atoms with Gasteiger partial charge in [0, 0.05) is 18.6 Å². The lowest BCUT2D eigenvalue weighted by Crippen LogP contribution is -2.43. The summed E-state index contributed by atoms with van der Waals surface area (Å²) >= 11 is 0. The molecule has 0 spiro atoms. The maximum Gasteiger partial charge on any atom is 0.0168 e. The van der Waals surface area contributed by atoms with Gasteiger partial charge in [0.2, 0.25) is 0 Å². The normalized spacial score (nSPS) is 32.9. The quantitative estimate of drug-likeness (QED) is 0.572. The van der Waals surface area contributed by atoms with Gasteiger partial charge in [-0.2, -0.15) is 0 Å². The van der Waals surface area contributed by atoms with E-state index in [1.54, 1.807) is 0 Å². The molecule has 0 saturated carbocycles. The van der Waals surface area contributed by atoms with Crippen molar-refractivity contribution in [3.8, 4) is 0 Å². The van der Waals surface area contributed by atoms with Crippen LogP contribution < -0.4 is 0 Å². The molecule has 1 aliphatic rings. The first-order chi connectivity index (χ1) is 5.75. The summed E-state index contributed by atoms with van der Waals surface area (Å²) in [6.07, 6.45) is 8.57. The van der Waals surface area contributed by atoms with E-state index in [0.717, 1.165) is 18.6 Å². The molecular weight excluding hydrogens is 146 g/mol. The van der Waals surface area contributed by atoms with E-state index in [4.69, 9.17) is 0 Å². The highest BCUT2D eigenvalue weighted by atomic mass is 15.2. The van der Waals surface area contributed by atoms with Crippen molar-refractivity contribution in [3.05, 3.63) is 12.2 Å². The summed E-state index contributed by atoms with van der Waals surface area (Å²) in [7, 11) is 0. The zero-order valence-electron chi connectivity index (χ0n) is 8.59. The van der Waals surface area contributed by atoms with E-state index in [1.165, 1.54) is 19.3 Å². The van der Waals surface area contributed by atoms with Crippen LogP contribution in [0.4, 0.5) is 0 Å². The van der Waals surface area contributed by atoms with Gasteiger partial charge >= 0.3 is 0 Å². The average Bonchev–Trinajstić information content (AvgIpc) is 2.04. The Hall–Kier alpha value is -0.300. The molecule has 2 atom stereocenters. The summed E-state index contributed by atoms with van der Waals surface area (Å²) in [6.45, 7) is 7.93. The van der Waals surface area contributed by atoms with Crippen LogP contribution >= 0.6 is 0 Å². The predicted molar refractivity (Wildman–Crippen MR) is 54.3 cm³/mol. The Morgan fingerprint density at radius 2 is 1.83 bits per heavy atom. The molecule has 1 rings (SSSR count). The molecule has 70 valence electrons. The molecule has 1 fully saturated rings. The van der Waals surface area contributed by atoms with E-state index in [0.29, 0.717) is 0 Å². The van der Waals surface area contributed by atoms with E-state index in [-0.39, 0.29) is 0 Å². The lowest BCUT2D eigenvalue weighted by atomic mass is 9.98. The fraction of sp³-hybridized carbons (Fsp3) is 0.818. The molecule has 12 heavy (non-hydrogen) atoms. The van der Waals surface area contributed by atoms with Crippen LogP contribution in [0.2, 0.25) is 0 Å². The third-order valence-electron chi connectivity index (χ3n) is 2.93. The van der Waals surface area contributed by atoms with Crippen molar-refractivity contribution < 1.29 is 0 Å². The highest BCUT2D eigenvalue weighted by molar-refractivity contribution is 4.87. The molecule has 1 saturated heterocycles. The zero-order chi connectivity index (χ0) is 8.97. The second-order valence-corrected chi connectivity index (χ2v) is 3.89. The number of hydrogen-bond acceptors (Lipinski definition) is 1. The minimum atomic E-state index is 0.782. The van der Waals surface area contributed by atoms with E-state index in [9.17, 15) is 0 Å². The molecule has 1 heteroatoms. The molecule has 0 aliphatic carbocycles. The average molecular weight is 167 g/mol. The van der Waals surface area contributed by atoms with Crippen LogP contribution in [-0.2, 0) is 0 Å². The van der Waals surface area contributed by atoms with Crippen LogP contribution in [0.15, 0.2) is 12.2 Å². The van der Waals surface area contributed by atoms with Crippen LogP contribution in [0.25, 0.3) is 0 Å². The van der Waals surface area contributed by atoms with Gasteiger partial charge in [-0.05, 0) is 33.6 Å². The van der Waals surface area contributed by atoms with Crippen molar-refractivity contribution in [3.63, 3.8) is 0 Å². The molecule has 0 N–H and O–H groups in total. The Morgan fingerprint density at radius 3 is 2.33 bits per heavy atom. The number of nitrogens with zero attached hydrogens (tertiary/aromatic N) is 1. The highest BCUT2D eigenvalue weighted by Gasteiger charge is 2.22. The van der Waals surface area contributed by atoms with Gasteiger partial charge in [0.1, 0.15) is 0 Å². The standard InChI is InChI=1S/C11H21N/c1-4-5-9-12-10(2)7-6-8-11(12)3/h4-5,10-11H,6-9H2,1-3H3/b5-4+/t10-,11+. The van der Waals surface area contributed by atoms with Crippen LogP contribution in [0.1, 0.15) is 40.0 Å². The first-order valence-electron chi connectivity index (χ1n) is 5.12. The number of hydrogen-bond donors (Lipinski definition) is 0. The van der Waals surface area contributed by atoms with Crippen molar-refractivity contribution in [1.29, 1.82) is 0 Å². The van der Waals surface area contributed by atoms with Crippen molar-refractivity contribution >= 4 is 0 Å². The molecular formula is C11H21N. The third kappa shape index (κ3) is 2.34. The monoisotopic (exact) mass is 167 g/mol. The zero-order valence-corrected chi connectivity index (χ0v) is 8.59. The summed E-state index contributed by atoms with van der Waals surface area (Å²) in [6, 6.07) is 1.56. The SMILES string of the molecule is C/C=C/CN1[C@H](C)CCC[C@@H]1C. The Kier molecular flexibility index (Phi) is 3.80. The minimum absolute atomic E-state index is 0.782. The predicted octanol–water partition coefficient (Wildman–Crippen LogP) is 2.83. The second-order valence-electron chi connectivity index (χ2n) is 3.89. The molecule has 1 heterocycles. The molecule has 0 amide bonds. The van der Waals surface area contributed by atoms with Gasteiger partial charge in [-0.1, -0.05) is 18.6 Å². The highest BCUT2D eigenvalue weighted by Crippen LogP contribution is 2.21. The van der Waals surface area contributed by atoms with Crippen LogP contribution in [0.3, 0.4) is 0 Å². The molecule has 1 aliphatic heterocycles. The number of piperidine rings is 1. The van der Waals surface area contributed by atoms with Crippen molar-refractivity contribution in [2.45, 2.75) is 52.1 Å². The van der Waals surface area contributed by atoms with Crippen LogP contribution in [0, 0.1) is 0 Å². The maximum absolute atomic E-state index is 2.60. The van der Waals surface area contributed by atoms with Crippen LogP contribution in [-0.4, -0.2) is 23.5 Å². The molecule has 1 nitrogen and oxygen atoms in total. The molecule has 0 bridgehead atoms. The number of allylic oxidation sites excluding steroid dienone is 1. The molecule has 0 aromatic heterocycles. The summed E-state index contributed by atoms with van der Waals surface area (Å²) in [4.78, 5) is 2.60. The van der Waals surface area contributed by atoms with E-state index < -0.39 is 0 Å². The maximum atomic E-state index is 2.60. The second kappa shape index (κ2) is 4.66. The van der Waals surface area contributed by atoms with Gasteiger partial charge < -0.3 is 0 Å². The number of likely N-dealkylation sites (tertiary alicyclic amines) is 1. The van der Waals surface area contributed by atoms with Gasteiger partial charge in [0.25, 0.3) is 0 Å². The number of rotatable bonds is 2. The van der Waals surface area contributed by atoms with Crippen LogP contribution in [0.5, 0.6) is 0 Å². The van der Waals surface area contributed by atoms with Gasteiger partial charge in [0.15, 0.2) is 0 Å². The van der Waals surface area contributed by atoms with E-state index >= 15 is 0 Å². The van der Waals surface area contributed by atoms with Gasteiger partial charge in [-0.25, -0.2) is 0 Å². The Labute approximate surface area is 76.5 Å². The fourth-order valence-corrected chi connectivity index (χ4v) is 2.06. The van der Waals surface area contributed by atoms with E-state index in [2.05, 4.69) is 37.8 Å². The lowest BCUT2D eigenvalue weighted by molar-refractivity contribution is 0.119. The summed E-state index contributed by atoms with van der Waals surface area (Å²) in [5.74, 6) is 0. The lowest BCUT2D eigenvalue weighted by Gasteiger charge is -2.38. The Morgan fingerprint density at radius 1 is 1.25 bits per heavy atom. The first kappa shape index (κ1) is 9.79. The fourth-order valence-electron chi connectivity index (χ4n) is 2.06. The van der Waals surface area contributed by atoms with Gasteiger partial charge in [0.05, 0.1) is 0 Å². The summed E-state index contributed by atoms with van der Waals surface area (Å²) < 4.78 is 0.